The maximum atomic E-state index is 11.7. The van der Waals surface area contributed by atoms with E-state index < -0.39 is 0 Å². The van der Waals surface area contributed by atoms with Gasteiger partial charge in [0.2, 0.25) is 5.91 Å². The van der Waals surface area contributed by atoms with Gasteiger partial charge in [0.25, 0.3) is 0 Å². The number of carbonyl (C=O) groups excluding carboxylic acids is 1. The summed E-state index contributed by atoms with van der Waals surface area (Å²) in [4.78, 5) is 13.9. The average molecular weight is 261 g/mol. The SMILES string of the molecule is CN(CCNC(=O)CC1CCCN1)c1ccccc1. The fourth-order valence-electron chi connectivity index (χ4n) is 2.40. The Kier molecular flexibility index (Phi) is 5.21. The molecular weight excluding hydrogens is 238 g/mol. The van der Waals surface area contributed by atoms with Crippen LogP contribution in [0.2, 0.25) is 0 Å². The van der Waals surface area contributed by atoms with Crippen LogP contribution in [-0.2, 0) is 4.79 Å². The summed E-state index contributed by atoms with van der Waals surface area (Å²) < 4.78 is 0. The summed E-state index contributed by atoms with van der Waals surface area (Å²) in [5.41, 5.74) is 1.18. The molecule has 1 aromatic rings. The van der Waals surface area contributed by atoms with Gasteiger partial charge in [0.05, 0.1) is 0 Å². The van der Waals surface area contributed by atoms with E-state index in [-0.39, 0.29) is 5.91 Å². The zero-order valence-corrected chi connectivity index (χ0v) is 11.6. The number of nitrogens with zero attached hydrogens (tertiary/aromatic N) is 1. The molecule has 104 valence electrons. The van der Waals surface area contributed by atoms with Crippen LogP contribution in [0.25, 0.3) is 0 Å². The Morgan fingerprint density at radius 1 is 1.42 bits per heavy atom. The molecule has 1 unspecified atom stereocenters. The number of para-hydroxylation sites is 1. The minimum Gasteiger partial charge on any atom is -0.373 e. The summed E-state index contributed by atoms with van der Waals surface area (Å²) in [5, 5.41) is 6.33. The van der Waals surface area contributed by atoms with Gasteiger partial charge in [-0.2, -0.15) is 0 Å². The third-order valence-electron chi connectivity index (χ3n) is 3.56. The number of nitrogens with one attached hydrogen (secondary N) is 2. The van der Waals surface area contributed by atoms with Crippen molar-refractivity contribution in [1.82, 2.24) is 10.6 Å². The summed E-state index contributed by atoms with van der Waals surface area (Å²) in [5.74, 6) is 0.154. The van der Waals surface area contributed by atoms with Gasteiger partial charge in [0, 0.05) is 38.3 Å². The average Bonchev–Trinajstić information content (AvgIpc) is 2.92. The van der Waals surface area contributed by atoms with Gasteiger partial charge >= 0.3 is 0 Å². The van der Waals surface area contributed by atoms with E-state index in [0.29, 0.717) is 19.0 Å². The number of hydrogen-bond donors (Lipinski definition) is 2. The summed E-state index contributed by atoms with van der Waals surface area (Å²) in [6, 6.07) is 10.6. The summed E-state index contributed by atoms with van der Waals surface area (Å²) in [6.07, 6.45) is 2.92. The fourth-order valence-corrected chi connectivity index (χ4v) is 2.40. The lowest BCUT2D eigenvalue weighted by Crippen LogP contribution is -2.36. The summed E-state index contributed by atoms with van der Waals surface area (Å²) >= 11 is 0. The molecule has 0 aliphatic carbocycles. The Bertz CT molecular complexity index is 388. The van der Waals surface area contributed by atoms with E-state index >= 15 is 0 Å². The van der Waals surface area contributed by atoms with Crippen LogP contribution in [0.1, 0.15) is 19.3 Å². The van der Waals surface area contributed by atoms with Crippen LogP contribution in [0.5, 0.6) is 0 Å². The molecule has 1 aliphatic heterocycles. The van der Waals surface area contributed by atoms with Gasteiger partial charge in [-0.05, 0) is 31.5 Å². The van der Waals surface area contributed by atoms with Crippen LogP contribution in [-0.4, -0.2) is 38.6 Å². The number of amides is 1. The molecule has 1 fully saturated rings. The second kappa shape index (κ2) is 7.14. The van der Waals surface area contributed by atoms with E-state index in [4.69, 9.17) is 0 Å². The van der Waals surface area contributed by atoms with Crippen LogP contribution in [0, 0.1) is 0 Å². The van der Waals surface area contributed by atoms with Crippen LogP contribution in [0.15, 0.2) is 30.3 Å². The third-order valence-corrected chi connectivity index (χ3v) is 3.56. The highest BCUT2D eigenvalue weighted by Crippen LogP contribution is 2.10. The predicted molar refractivity (Wildman–Crippen MR) is 78.4 cm³/mol. The number of anilines is 1. The predicted octanol–water partition coefficient (Wildman–Crippen LogP) is 1.38. The lowest BCUT2D eigenvalue weighted by Gasteiger charge is -2.19. The molecule has 0 spiro atoms. The van der Waals surface area contributed by atoms with Crippen LogP contribution >= 0.6 is 0 Å². The monoisotopic (exact) mass is 261 g/mol. The number of hydrogen-bond acceptors (Lipinski definition) is 3. The topological polar surface area (TPSA) is 44.4 Å². The van der Waals surface area contributed by atoms with E-state index in [2.05, 4.69) is 27.7 Å². The first-order valence-corrected chi connectivity index (χ1v) is 7.02. The largest absolute Gasteiger partial charge is 0.373 e. The van der Waals surface area contributed by atoms with E-state index in [1.807, 2.05) is 25.2 Å². The molecule has 0 aromatic heterocycles. The van der Waals surface area contributed by atoms with Gasteiger partial charge in [0.1, 0.15) is 0 Å². The van der Waals surface area contributed by atoms with Gasteiger partial charge in [0.15, 0.2) is 0 Å². The lowest BCUT2D eigenvalue weighted by atomic mass is 10.1. The van der Waals surface area contributed by atoms with Crippen molar-refractivity contribution in [2.75, 3.05) is 31.6 Å². The van der Waals surface area contributed by atoms with E-state index in [1.54, 1.807) is 0 Å². The van der Waals surface area contributed by atoms with Gasteiger partial charge in [-0.3, -0.25) is 4.79 Å². The molecule has 4 nitrogen and oxygen atoms in total. The van der Waals surface area contributed by atoms with E-state index in [9.17, 15) is 4.79 Å². The molecule has 2 rings (SSSR count). The minimum absolute atomic E-state index is 0.154. The smallest absolute Gasteiger partial charge is 0.221 e. The van der Waals surface area contributed by atoms with E-state index in [1.165, 1.54) is 12.1 Å². The standard InChI is InChI=1S/C15H23N3O/c1-18(14-7-3-2-4-8-14)11-10-17-15(19)12-13-6-5-9-16-13/h2-4,7-8,13,16H,5-6,9-12H2,1H3,(H,17,19). The molecule has 1 aliphatic rings. The first-order valence-electron chi connectivity index (χ1n) is 7.02. The molecule has 19 heavy (non-hydrogen) atoms. The van der Waals surface area contributed by atoms with Crippen molar-refractivity contribution in [2.24, 2.45) is 0 Å². The molecule has 1 heterocycles. The molecule has 4 heteroatoms. The molecule has 1 saturated heterocycles. The molecule has 1 atom stereocenters. The Labute approximate surface area is 115 Å². The van der Waals surface area contributed by atoms with Crippen LogP contribution in [0.4, 0.5) is 5.69 Å². The van der Waals surface area contributed by atoms with Gasteiger partial charge < -0.3 is 15.5 Å². The second-order valence-electron chi connectivity index (χ2n) is 5.10. The van der Waals surface area contributed by atoms with E-state index in [0.717, 1.165) is 19.5 Å². The van der Waals surface area contributed by atoms with Crippen molar-refractivity contribution in [3.63, 3.8) is 0 Å². The zero-order chi connectivity index (χ0) is 13.5. The summed E-state index contributed by atoms with van der Waals surface area (Å²) in [6.45, 7) is 2.57. The van der Waals surface area contributed by atoms with Gasteiger partial charge in [-0.25, -0.2) is 0 Å². The maximum absolute atomic E-state index is 11.7. The Morgan fingerprint density at radius 2 is 2.21 bits per heavy atom. The maximum Gasteiger partial charge on any atom is 0.221 e. The number of carbonyl (C=O) groups is 1. The van der Waals surface area contributed by atoms with Crippen molar-refractivity contribution in [3.05, 3.63) is 30.3 Å². The molecule has 0 saturated carbocycles. The first kappa shape index (κ1) is 13.9. The van der Waals surface area contributed by atoms with Crippen molar-refractivity contribution >= 4 is 11.6 Å². The molecule has 0 bridgehead atoms. The quantitative estimate of drug-likeness (QED) is 0.813. The van der Waals surface area contributed by atoms with Crippen molar-refractivity contribution in [2.45, 2.75) is 25.3 Å². The number of benzene rings is 1. The van der Waals surface area contributed by atoms with Crippen molar-refractivity contribution < 1.29 is 4.79 Å². The molecule has 2 N–H and O–H groups in total. The number of likely N-dealkylation sites (N-methyl/N-ethyl adjacent to an activating group) is 1. The highest BCUT2D eigenvalue weighted by Gasteiger charge is 2.17. The van der Waals surface area contributed by atoms with Crippen molar-refractivity contribution in [3.8, 4) is 0 Å². The normalized spacial score (nSPS) is 18.3. The highest BCUT2D eigenvalue weighted by atomic mass is 16.1. The lowest BCUT2D eigenvalue weighted by molar-refractivity contribution is -0.121. The zero-order valence-electron chi connectivity index (χ0n) is 11.6. The first-order chi connectivity index (χ1) is 9.25. The molecule has 0 radical (unpaired) electrons. The van der Waals surface area contributed by atoms with Crippen LogP contribution in [0.3, 0.4) is 0 Å². The molecule has 1 aromatic carbocycles. The van der Waals surface area contributed by atoms with Crippen LogP contribution < -0.4 is 15.5 Å². The Hall–Kier alpha value is -1.55. The second-order valence-corrected chi connectivity index (χ2v) is 5.10. The van der Waals surface area contributed by atoms with Crippen molar-refractivity contribution in [1.29, 1.82) is 0 Å². The van der Waals surface area contributed by atoms with Gasteiger partial charge in [-0.15, -0.1) is 0 Å². The third kappa shape index (κ3) is 4.56. The molecule has 1 amide bonds. The Morgan fingerprint density at radius 3 is 2.89 bits per heavy atom. The molecular formula is C15H23N3O. The number of rotatable bonds is 6. The highest BCUT2D eigenvalue weighted by molar-refractivity contribution is 5.76. The fraction of sp³-hybridized carbons (Fsp3) is 0.533. The van der Waals surface area contributed by atoms with Gasteiger partial charge in [-0.1, -0.05) is 18.2 Å². The Balaban J connectivity index is 1.64. The summed E-state index contributed by atoms with van der Waals surface area (Å²) in [7, 11) is 2.04. The minimum atomic E-state index is 0.154.